The summed E-state index contributed by atoms with van der Waals surface area (Å²) < 4.78 is 16.7. The van der Waals surface area contributed by atoms with Crippen LogP contribution in [0.5, 0.6) is 0 Å². The average molecular weight is 953 g/mol. The van der Waals surface area contributed by atoms with Gasteiger partial charge in [0.15, 0.2) is 6.10 Å². The van der Waals surface area contributed by atoms with Gasteiger partial charge in [-0.3, -0.25) is 14.4 Å². The molecule has 1 atom stereocenters. The topological polar surface area (TPSA) is 78.9 Å². The first kappa shape index (κ1) is 64.5. The lowest BCUT2D eigenvalue weighted by Crippen LogP contribution is -2.30. The fourth-order valence-electron chi connectivity index (χ4n) is 7.05. The molecule has 0 saturated carbocycles. The second kappa shape index (κ2) is 56.1. The molecule has 0 spiro atoms. The van der Waals surface area contributed by atoms with Gasteiger partial charge in [-0.25, -0.2) is 0 Å². The highest BCUT2D eigenvalue weighted by atomic mass is 16.6. The second-order valence-electron chi connectivity index (χ2n) is 17.7. The molecule has 69 heavy (non-hydrogen) atoms. The first-order chi connectivity index (χ1) is 34.0. The predicted molar refractivity (Wildman–Crippen MR) is 297 cm³/mol. The normalized spacial score (nSPS) is 13.1. The lowest BCUT2D eigenvalue weighted by molar-refractivity contribution is -0.166. The number of rotatable bonds is 48. The molecular formula is C63H100O6. The zero-order valence-electron chi connectivity index (χ0n) is 44.3. The van der Waals surface area contributed by atoms with Gasteiger partial charge < -0.3 is 14.2 Å². The van der Waals surface area contributed by atoms with Crippen molar-refractivity contribution in [1.29, 1.82) is 0 Å². The highest BCUT2D eigenvalue weighted by molar-refractivity contribution is 5.72. The molecule has 0 aromatic heterocycles. The first-order valence-corrected chi connectivity index (χ1v) is 27.7. The Balaban J connectivity index is 4.41. The van der Waals surface area contributed by atoms with Crippen LogP contribution in [0.3, 0.4) is 0 Å². The summed E-state index contributed by atoms with van der Waals surface area (Å²) in [5.41, 5.74) is 0. The van der Waals surface area contributed by atoms with Gasteiger partial charge in [-0.15, -0.1) is 0 Å². The van der Waals surface area contributed by atoms with E-state index < -0.39 is 12.1 Å². The maximum Gasteiger partial charge on any atom is 0.310 e. The smallest absolute Gasteiger partial charge is 0.310 e. The number of unbranched alkanes of at least 4 members (excludes halogenated alkanes) is 16. The first-order valence-electron chi connectivity index (χ1n) is 27.7. The fraction of sp³-hybridized carbons (Fsp3) is 0.603. The van der Waals surface area contributed by atoms with Crippen molar-refractivity contribution in [3.8, 4) is 0 Å². The number of hydrogen-bond donors (Lipinski definition) is 0. The monoisotopic (exact) mass is 953 g/mol. The highest BCUT2D eigenvalue weighted by Crippen LogP contribution is 2.13. The van der Waals surface area contributed by atoms with Gasteiger partial charge in [0.2, 0.25) is 0 Å². The lowest BCUT2D eigenvalue weighted by atomic mass is 10.1. The van der Waals surface area contributed by atoms with Crippen LogP contribution in [0.15, 0.2) is 134 Å². The van der Waals surface area contributed by atoms with Crippen molar-refractivity contribution in [2.75, 3.05) is 13.2 Å². The Hall–Kier alpha value is -4.45. The summed E-state index contributed by atoms with van der Waals surface area (Å²) in [6, 6.07) is 0. The molecule has 0 aromatic carbocycles. The molecular weight excluding hydrogens is 853 g/mol. The molecule has 1 unspecified atom stereocenters. The summed E-state index contributed by atoms with van der Waals surface area (Å²) in [6.07, 6.45) is 79.0. The fourth-order valence-corrected chi connectivity index (χ4v) is 7.05. The molecule has 0 fully saturated rings. The van der Waals surface area contributed by atoms with E-state index in [1.54, 1.807) is 6.08 Å². The minimum Gasteiger partial charge on any atom is -0.462 e. The van der Waals surface area contributed by atoms with E-state index in [0.717, 1.165) is 116 Å². The zero-order valence-corrected chi connectivity index (χ0v) is 44.3. The molecule has 0 aliphatic rings. The molecule has 0 aliphatic carbocycles. The van der Waals surface area contributed by atoms with Gasteiger partial charge in [0.05, 0.1) is 6.42 Å². The van der Waals surface area contributed by atoms with Crippen LogP contribution >= 0.6 is 0 Å². The molecule has 0 amide bonds. The van der Waals surface area contributed by atoms with Gasteiger partial charge in [-0.05, 0) is 109 Å². The Kier molecular flexibility index (Phi) is 52.5. The molecule has 0 aliphatic heterocycles. The molecule has 0 heterocycles. The summed E-state index contributed by atoms with van der Waals surface area (Å²) in [7, 11) is 0. The molecule has 0 saturated heterocycles. The zero-order chi connectivity index (χ0) is 50.0. The van der Waals surface area contributed by atoms with Crippen LogP contribution in [0.1, 0.15) is 226 Å². The van der Waals surface area contributed by atoms with E-state index in [1.807, 2.05) is 6.08 Å². The Morgan fingerprint density at radius 3 is 0.971 bits per heavy atom. The third kappa shape index (κ3) is 54.4. The van der Waals surface area contributed by atoms with Gasteiger partial charge >= 0.3 is 17.9 Å². The van der Waals surface area contributed by atoms with E-state index in [2.05, 4.69) is 142 Å². The van der Waals surface area contributed by atoms with Crippen LogP contribution in [0.25, 0.3) is 0 Å². The Bertz CT molecular complexity index is 1510. The predicted octanol–water partition coefficient (Wildman–Crippen LogP) is 18.6. The number of ether oxygens (including phenoxy) is 3. The van der Waals surface area contributed by atoms with Gasteiger partial charge in [0, 0.05) is 12.8 Å². The van der Waals surface area contributed by atoms with E-state index >= 15 is 0 Å². The summed E-state index contributed by atoms with van der Waals surface area (Å²) in [5, 5.41) is 0. The minimum atomic E-state index is -0.842. The third-order valence-corrected chi connectivity index (χ3v) is 11.2. The molecule has 6 heteroatoms. The molecule has 6 nitrogen and oxygen atoms in total. The number of esters is 3. The Morgan fingerprint density at radius 2 is 0.609 bits per heavy atom. The van der Waals surface area contributed by atoms with Gasteiger partial charge in [-0.1, -0.05) is 231 Å². The summed E-state index contributed by atoms with van der Waals surface area (Å²) in [6.45, 7) is 6.26. The van der Waals surface area contributed by atoms with Crippen LogP contribution in [0.4, 0.5) is 0 Å². The summed E-state index contributed by atoms with van der Waals surface area (Å²) in [5.74, 6) is -1.08. The van der Waals surface area contributed by atoms with E-state index in [1.165, 1.54) is 64.2 Å². The van der Waals surface area contributed by atoms with E-state index in [9.17, 15) is 14.4 Å². The van der Waals surface area contributed by atoms with Crippen LogP contribution in [-0.4, -0.2) is 37.2 Å². The van der Waals surface area contributed by atoms with Crippen LogP contribution in [0.2, 0.25) is 0 Å². The number of allylic oxidation sites excluding steroid dienone is 21. The molecule has 388 valence electrons. The molecule has 0 radical (unpaired) electrons. The van der Waals surface area contributed by atoms with E-state index in [-0.39, 0.29) is 31.6 Å². The van der Waals surface area contributed by atoms with Crippen molar-refractivity contribution in [2.24, 2.45) is 0 Å². The quantitative estimate of drug-likeness (QED) is 0.0262. The molecule has 0 rings (SSSR count). The van der Waals surface area contributed by atoms with Crippen LogP contribution < -0.4 is 0 Å². The van der Waals surface area contributed by atoms with Crippen molar-refractivity contribution in [2.45, 2.75) is 232 Å². The Morgan fingerprint density at radius 1 is 0.319 bits per heavy atom. The van der Waals surface area contributed by atoms with E-state index in [0.29, 0.717) is 19.3 Å². The van der Waals surface area contributed by atoms with Crippen molar-refractivity contribution in [3.05, 3.63) is 134 Å². The van der Waals surface area contributed by atoms with Crippen molar-refractivity contribution < 1.29 is 28.6 Å². The van der Waals surface area contributed by atoms with Crippen molar-refractivity contribution in [3.63, 3.8) is 0 Å². The molecule has 0 aromatic rings. The van der Waals surface area contributed by atoms with Crippen LogP contribution in [0, 0.1) is 0 Å². The van der Waals surface area contributed by atoms with Gasteiger partial charge in [0.25, 0.3) is 0 Å². The number of hydrogen-bond acceptors (Lipinski definition) is 6. The number of carbonyl (C=O) groups excluding carboxylic acids is 3. The SMILES string of the molecule is CC/C=C\C/C=C\C/C=C\C/C=C\C/C=C\CCCCCCCCCCCC(=O)OCC(COC(=O)CCCCCCC/C=C\CCCC)OC(=O)C/C=C\C/C=C\C/C=C\C/C=C\C/C=C\CC. The lowest BCUT2D eigenvalue weighted by Gasteiger charge is -2.18. The minimum absolute atomic E-state index is 0.0888. The Labute approximate surface area is 424 Å². The molecule has 0 bridgehead atoms. The van der Waals surface area contributed by atoms with Gasteiger partial charge in [0.1, 0.15) is 13.2 Å². The highest BCUT2D eigenvalue weighted by Gasteiger charge is 2.19. The molecule has 0 N–H and O–H groups in total. The third-order valence-electron chi connectivity index (χ3n) is 11.2. The van der Waals surface area contributed by atoms with Crippen molar-refractivity contribution >= 4 is 17.9 Å². The van der Waals surface area contributed by atoms with E-state index in [4.69, 9.17) is 14.2 Å². The maximum absolute atomic E-state index is 12.8. The maximum atomic E-state index is 12.8. The standard InChI is InChI=1S/C63H100O6/c1-4-7-10-13-16-19-22-24-26-27-28-29-30-31-32-33-34-35-37-38-41-44-47-50-53-56-62(65)68-59-60(58-67-61(64)55-52-49-46-43-40-21-18-15-12-9-6-3)69-63(66)57-54-51-48-45-42-39-36-25-23-20-17-14-11-8-5-2/h7-8,10-11,15-20,24-26,28-29,31-32,36,42,45,51,54,60H,4-6,9,12-14,21-23,27,30,33-35,37-41,43-44,46-50,52-53,55-59H2,1-3H3/b10-7-,11-8-,18-15-,19-16-,20-17-,26-24-,29-28-,32-31-,36-25-,45-42-,54-51-. The largest absolute Gasteiger partial charge is 0.462 e. The van der Waals surface area contributed by atoms with Crippen molar-refractivity contribution in [1.82, 2.24) is 0 Å². The second-order valence-corrected chi connectivity index (χ2v) is 17.7. The van der Waals surface area contributed by atoms with Crippen LogP contribution in [-0.2, 0) is 28.6 Å². The average Bonchev–Trinajstić information content (AvgIpc) is 3.35. The number of carbonyl (C=O) groups is 3. The summed E-state index contributed by atoms with van der Waals surface area (Å²) >= 11 is 0. The van der Waals surface area contributed by atoms with Gasteiger partial charge in [-0.2, -0.15) is 0 Å². The summed E-state index contributed by atoms with van der Waals surface area (Å²) in [4.78, 5) is 38.0.